The van der Waals surface area contributed by atoms with Gasteiger partial charge in [0.1, 0.15) is 11.9 Å². The molecule has 1 fully saturated rings. The molecule has 1 unspecified atom stereocenters. The van der Waals surface area contributed by atoms with Gasteiger partial charge in [0.2, 0.25) is 5.91 Å². The van der Waals surface area contributed by atoms with Crippen molar-refractivity contribution in [1.82, 2.24) is 4.90 Å². The van der Waals surface area contributed by atoms with Gasteiger partial charge in [-0.15, -0.1) is 0 Å². The molecular weight excluding hydrogens is 292 g/mol. The summed E-state index contributed by atoms with van der Waals surface area (Å²) in [5.41, 5.74) is 3.32. The van der Waals surface area contributed by atoms with Gasteiger partial charge < -0.3 is 10.6 Å². The first-order chi connectivity index (χ1) is 9.71. The van der Waals surface area contributed by atoms with Crippen LogP contribution in [0.3, 0.4) is 0 Å². The largest absolute Gasteiger partial charge is 0.419 e. The molecule has 1 saturated heterocycles. The predicted molar refractivity (Wildman–Crippen MR) is 64.7 cm³/mol. The third kappa shape index (κ3) is 2.98. The molecule has 4 nitrogen and oxygen atoms in total. The van der Waals surface area contributed by atoms with Crippen LogP contribution in [0.15, 0.2) is 18.2 Å². The van der Waals surface area contributed by atoms with E-state index in [2.05, 4.69) is 0 Å². The van der Waals surface area contributed by atoms with Gasteiger partial charge in [0.15, 0.2) is 0 Å². The Hall–Kier alpha value is -2.12. The highest BCUT2D eigenvalue weighted by molar-refractivity contribution is 5.97. The van der Waals surface area contributed by atoms with Crippen LogP contribution in [-0.4, -0.2) is 29.3 Å². The van der Waals surface area contributed by atoms with E-state index in [1.165, 1.54) is 0 Å². The average molecular weight is 304 g/mol. The van der Waals surface area contributed by atoms with Gasteiger partial charge in [0.25, 0.3) is 5.91 Å². The Morgan fingerprint density at radius 2 is 1.95 bits per heavy atom. The summed E-state index contributed by atoms with van der Waals surface area (Å²) in [6, 6.07) is 1.17. The second kappa shape index (κ2) is 5.34. The molecule has 0 spiro atoms. The maximum Gasteiger partial charge on any atom is 0.419 e. The molecule has 1 aliphatic heterocycles. The summed E-state index contributed by atoms with van der Waals surface area (Å²) in [4.78, 5) is 24.5. The van der Waals surface area contributed by atoms with Gasteiger partial charge in [0.05, 0.1) is 5.56 Å². The molecular formula is C13H12F4N2O2. The molecule has 21 heavy (non-hydrogen) atoms. The Bertz CT molecular complexity index is 586. The maximum atomic E-state index is 13.2. The van der Waals surface area contributed by atoms with Crippen LogP contribution in [0, 0.1) is 5.82 Å². The van der Waals surface area contributed by atoms with Crippen molar-refractivity contribution in [3.8, 4) is 0 Å². The number of primary amides is 1. The fourth-order valence-electron chi connectivity index (χ4n) is 2.35. The lowest BCUT2D eigenvalue weighted by Gasteiger charge is -2.22. The normalized spacial score (nSPS) is 18.9. The smallest absolute Gasteiger partial charge is 0.368 e. The van der Waals surface area contributed by atoms with E-state index < -0.39 is 35.4 Å². The summed E-state index contributed by atoms with van der Waals surface area (Å²) in [6.45, 7) is 0.227. The van der Waals surface area contributed by atoms with Crippen molar-refractivity contribution >= 4 is 11.8 Å². The van der Waals surface area contributed by atoms with Crippen molar-refractivity contribution in [3.05, 3.63) is 35.1 Å². The Balaban J connectivity index is 2.34. The van der Waals surface area contributed by atoms with E-state index in [4.69, 9.17) is 5.73 Å². The van der Waals surface area contributed by atoms with E-state index in [-0.39, 0.29) is 12.1 Å². The number of likely N-dealkylation sites (tertiary alicyclic amines) is 1. The number of alkyl halides is 3. The minimum Gasteiger partial charge on any atom is -0.368 e. The van der Waals surface area contributed by atoms with Gasteiger partial charge >= 0.3 is 6.18 Å². The zero-order valence-electron chi connectivity index (χ0n) is 10.8. The van der Waals surface area contributed by atoms with Crippen molar-refractivity contribution in [3.63, 3.8) is 0 Å². The summed E-state index contributed by atoms with van der Waals surface area (Å²) >= 11 is 0. The summed E-state index contributed by atoms with van der Waals surface area (Å²) in [5, 5.41) is 0. The van der Waals surface area contributed by atoms with Gasteiger partial charge in [-0.1, -0.05) is 0 Å². The third-order valence-corrected chi connectivity index (χ3v) is 3.36. The van der Waals surface area contributed by atoms with E-state index in [9.17, 15) is 27.2 Å². The Morgan fingerprint density at radius 1 is 1.29 bits per heavy atom. The van der Waals surface area contributed by atoms with Crippen LogP contribution in [0.2, 0.25) is 0 Å². The lowest BCUT2D eigenvalue weighted by molar-refractivity contribution is -0.140. The van der Waals surface area contributed by atoms with Crippen LogP contribution in [0.1, 0.15) is 28.8 Å². The molecule has 1 aliphatic rings. The van der Waals surface area contributed by atoms with Gasteiger partial charge in [0, 0.05) is 12.1 Å². The van der Waals surface area contributed by atoms with Crippen LogP contribution in [0.5, 0.6) is 0 Å². The van der Waals surface area contributed by atoms with E-state index in [0.29, 0.717) is 25.0 Å². The minimum atomic E-state index is -4.89. The minimum absolute atomic E-state index is 0.227. The number of carbonyl (C=O) groups is 2. The highest BCUT2D eigenvalue weighted by Gasteiger charge is 2.37. The molecule has 2 amide bonds. The lowest BCUT2D eigenvalue weighted by Crippen LogP contribution is -2.43. The molecule has 0 aromatic heterocycles. The van der Waals surface area contributed by atoms with Crippen LogP contribution in [-0.2, 0) is 11.0 Å². The van der Waals surface area contributed by atoms with Crippen molar-refractivity contribution in [2.45, 2.75) is 25.1 Å². The van der Waals surface area contributed by atoms with Crippen LogP contribution in [0.4, 0.5) is 17.6 Å². The number of carbonyl (C=O) groups excluding carboxylic acids is 2. The molecule has 0 radical (unpaired) electrons. The molecule has 1 aromatic rings. The van der Waals surface area contributed by atoms with Gasteiger partial charge in [-0.3, -0.25) is 9.59 Å². The number of nitrogens with zero attached hydrogens (tertiary/aromatic N) is 1. The van der Waals surface area contributed by atoms with E-state index in [0.717, 1.165) is 11.0 Å². The first-order valence-corrected chi connectivity index (χ1v) is 6.19. The SMILES string of the molecule is NC(=O)C1CCCN1C(=O)c1ccc(F)c(C(F)(F)F)c1. The summed E-state index contributed by atoms with van der Waals surface area (Å²) in [6.07, 6.45) is -3.99. The zero-order chi connectivity index (χ0) is 15.8. The molecule has 1 aromatic carbocycles. The molecule has 0 bridgehead atoms. The van der Waals surface area contributed by atoms with Crippen LogP contribution >= 0.6 is 0 Å². The Morgan fingerprint density at radius 3 is 2.52 bits per heavy atom. The first kappa shape index (κ1) is 15.3. The number of amides is 2. The Labute approximate surface area is 117 Å². The molecule has 1 heterocycles. The third-order valence-electron chi connectivity index (χ3n) is 3.36. The standard InChI is InChI=1S/C13H12F4N2O2/c14-9-4-3-7(6-8(9)13(15,16)17)12(21)19-5-1-2-10(19)11(18)20/h3-4,6,10H,1-2,5H2,(H2,18,20). The summed E-state index contributed by atoms with van der Waals surface area (Å²) in [5.74, 6) is -2.92. The van der Waals surface area contributed by atoms with Crippen LogP contribution < -0.4 is 5.73 Å². The monoisotopic (exact) mass is 304 g/mol. The highest BCUT2D eigenvalue weighted by Crippen LogP contribution is 2.32. The number of nitrogens with two attached hydrogens (primary N) is 1. The Kier molecular flexibility index (Phi) is 3.89. The topological polar surface area (TPSA) is 63.4 Å². The van der Waals surface area contributed by atoms with E-state index in [1.807, 2.05) is 0 Å². The molecule has 114 valence electrons. The fraction of sp³-hybridized carbons (Fsp3) is 0.385. The first-order valence-electron chi connectivity index (χ1n) is 6.19. The van der Waals surface area contributed by atoms with Gasteiger partial charge in [-0.2, -0.15) is 13.2 Å². The maximum absolute atomic E-state index is 13.2. The lowest BCUT2D eigenvalue weighted by atomic mass is 10.1. The van der Waals surface area contributed by atoms with Crippen molar-refractivity contribution < 1.29 is 27.2 Å². The van der Waals surface area contributed by atoms with Crippen molar-refractivity contribution in [2.24, 2.45) is 5.73 Å². The highest BCUT2D eigenvalue weighted by atomic mass is 19.4. The van der Waals surface area contributed by atoms with Crippen LogP contribution in [0.25, 0.3) is 0 Å². The number of hydrogen-bond donors (Lipinski definition) is 1. The van der Waals surface area contributed by atoms with E-state index >= 15 is 0 Å². The molecule has 8 heteroatoms. The number of rotatable bonds is 2. The second-order valence-electron chi connectivity index (χ2n) is 4.75. The van der Waals surface area contributed by atoms with Gasteiger partial charge in [-0.25, -0.2) is 4.39 Å². The predicted octanol–water partition coefficient (Wildman–Crippen LogP) is 1.93. The number of hydrogen-bond acceptors (Lipinski definition) is 2. The molecule has 2 N–H and O–H groups in total. The second-order valence-corrected chi connectivity index (χ2v) is 4.75. The quantitative estimate of drug-likeness (QED) is 0.849. The van der Waals surface area contributed by atoms with E-state index in [1.54, 1.807) is 0 Å². The average Bonchev–Trinajstić information content (AvgIpc) is 2.86. The van der Waals surface area contributed by atoms with Gasteiger partial charge in [-0.05, 0) is 31.0 Å². The van der Waals surface area contributed by atoms with Crippen molar-refractivity contribution in [2.75, 3.05) is 6.54 Å². The molecule has 0 aliphatic carbocycles. The number of benzene rings is 1. The summed E-state index contributed by atoms with van der Waals surface area (Å²) < 4.78 is 51.1. The molecule has 0 saturated carbocycles. The molecule has 2 rings (SSSR count). The van der Waals surface area contributed by atoms with Crippen molar-refractivity contribution in [1.29, 1.82) is 0 Å². The zero-order valence-corrected chi connectivity index (χ0v) is 10.8. The summed E-state index contributed by atoms with van der Waals surface area (Å²) in [7, 11) is 0. The molecule has 1 atom stereocenters. The number of halogens is 4. The fourth-order valence-corrected chi connectivity index (χ4v) is 2.35.